The topological polar surface area (TPSA) is 116 Å². The van der Waals surface area contributed by atoms with Crippen LogP contribution in [-0.2, 0) is 24.3 Å². The van der Waals surface area contributed by atoms with Crippen LogP contribution in [0, 0.1) is 5.92 Å². The Kier molecular flexibility index (Phi) is 8.74. The summed E-state index contributed by atoms with van der Waals surface area (Å²) in [6.07, 6.45) is -0.296. The largest absolute Gasteiger partial charge is 0.387 e. The highest BCUT2D eigenvalue weighted by molar-refractivity contribution is 7.89. The van der Waals surface area contributed by atoms with E-state index in [2.05, 4.69) is 4.72 Å². The van der Waals surface area contributed by atoms with E-state index in [1.54, 1.807) is 29.2 Å². The Morgan fingerprint density at radius 2 is 1.88 bits per heavy atom. The maximum atomic E-state index is 13.2. The number of morpholine rings is 1. The molecule has 184 valence electrons. The lowest BCUT2D eigenvalue weighted by molar-refractivity contribution is -0.149. The molecule has 0 aliphatic carbocycles. The molecule has 1 aromatic rings. The van der Waals surface area contributed by atoms with Crippen molar-refractivity contribution in [3.8, 4) is 0 Å². The number of hydrogen-bond acceptors (Lipinski definition) is 6. The van der Waals surface area contributed by atoms with Crippen LogP contribution in [0.15, 0.2) is 24.3 Å². The molecular weight excluding hydrogens is 470 g/mol. The first-order valence-electron chi connectivity index (χ1n) is 11.2. The van der Waals surface area contributed by atoms with Gasteiger partial charge in [-0.2, -0.15) is 0 Å². The molecule has 2 aliphatic heterocycles. The lowest BCUT2D eigenvalue weighted by atomic mass is 9.96. The molecule has 1 aromatic carbocycles. The maximum absolute atomic E-state index is 13.2. The second-order valence-electron chi connectivity index (χ2n) is 8.61. The van der Waals surface area contributed by atoms with Crippen LogP contribution in [0.1, 0.15) is 38.4 Å². The molecule has 0 radical (unpaired) electrons. The maximum Gasteiger partial charge on any atom is 0.245 e. The van der Waals surface area contributed by atoms with Crippen molar-refractivity contribution in [2.45, 2.75) is 44.9 Å². The second kappa shape index (κ2) is 11.1. The molecule has 0 aromatic heterocycles. The van der Waals surface area contributed by atoms with Gasteiger partial charge in [-0.3, -0.25) is 9.59 Å². The first-order valence-corrected chi connectivity index (χ1v) is 13.3. The highest BCUT2D eigenvalue weighted by Gasteiger charge is 2.43. The standard InChI is InChI=1S/C22H32ClN3O6S/c1-3-15(2)20(22(29)25-10-12-32-13-11-25)26-9-8-18(21(26)28)24-33(30,31)14-19(27)16-4-6-17(23)7-5-16/h4-7,15,18-20,24,27H,3,8-14H2,1-2H3/t15-,18-,19?,20-/m0/s1. The fourth-order valence-corrected chi connectivity index (χ4v) is 5.70. The van der Waals surface area contributed by atoms with Gasteiger partial charge < -0.3 is 19.6 Å². The van der Waals surface area contributed by atoms with Crippen molar-refractivity contribution in [3.05, 3.63) is 34.9 Å². The van der Waals surface area contributed by atoms with Gasteiger partial charge >= 0.3 is 0 Å². The first kappa shape index (κ1) is 25.9. The van der Waals surface area contributed by atoms with Gasteiger partial charge in [0, 0.05) is 24.7 Å². The van der Waals surface area contributed by atoms with E-state index < -0.39 is 39.9 Å². The van der Waals surface area contributed by atoms with Gasteiger partial charge in [0.05, 0.1) is 25.1 Å². The van der Waals surface area contributed by atoms with Crippen molar-refractivity contribution in [2.75, 3.05) is 38.6 Å². The van der Waals surface area contributed by atoms with Gasteiger partial charge in [0.1, 0.15) is 12.1 Å². The Morgan fingerprint density at radius 1 is 1.24 bits per heavy atom. The van der Waals surface area contributed by atoms with Crippen LogP contribution in [0.4, 0.5) is 0 Å². The quantitative estimate of drug-likeness (QED) is 0.524. The van der Waals surface area contributed by atoms with Crippen LogP contribution in [0.3, 0.4) is 0 Å². The van der Waals surface area contributed by atoms with E-state index in [-0.39, 0.29) is 24.8 Å². The van der Waals surface area contributed by atoms with Gasteiger partial charge in [-0.1, -0.05) is 44.0 Å². The van der Waals surface area contributed by atoms with Crippen LogP contribution in [-0.4, -0.2) is 85.8 Å². The minimum Gasteiger partial charge on any atom is -0.387 e. The number of carbonyl (C=O) groups is 2. The molecule has 2 aliphatic rings. The smallest absolute Gasteiger partial charge is 0.245 e. The number of amides is 2. The van der Waals surface area contributed by atoms with Crippen molar-refractivity contribution in [1.82, 2.24) is 14.5 Å². The number of carbonyl (C=O) groups excluding carboxylic acids is 2. The number of nitrogens with one attached hydrogen (secondary N) is 1. The zero-order valence-electron chi connectivity index (χ0n) is 18.9. The van der Waals surface area contributed by atoms with Crippen LogP contribution < -0.4 is 4.72 Å². The molecular formula is C22H32ClN3O6S. The van der Waals surface area contributed by atoms with Gasteiger partial charge in [-0.05, 0) is 30.0 Å². The molecule has 33 heavy (non-hydrogen) atoms. The number of halogens is 1. The summed E-state index contributed by atoms with van der Waals surface area (Å²) in [5, 5.41) is 10.8. The van der Waals surface area contributed by atoms with Crippen molar-refractivity contribution in [3.63, 3.8) is 0 Å². The molecule has 9 nitrogen and oxygen atoms in total. The lowest BCUT2D eigenvalue weighted by Gasteiger charge is -2.37. The summed E-state index contributed by atoms with van der Waals surface area (Å²) < 4.78 is 33.1. The summed E-state index contributed by atoms with van der Waals surface area (Å²) in [5.41, 5.74) is 0.414. The fraction of sp³-hybridized carbons (Fsp3) is 0.636. The fourth-order valence-electron chi connectivity index (χ4n) is 4.22. The number of benzene rings is 1. The molecule has 2 saturated heterocycles. The van der Waals surface area contributed by atoms with Gasteiger partial charge in [-0.15, -0.1) is 0 Å². The summed E-state index contributed by atoms with van der Waals surface area (Å²) in [4.78, 5) is 29.6. The molecule has 11 heteroatoms. The number of sulfonamides is 1. The third-order valence-electron chi connectivity index (χ3n) is 6.29. The van der Waals surface area contributed by atoms with Gasteiger partial charge in [-0.25, -0.2) is 13.1 Å². The van der Waals surface area contributed by atoms with Crippen LogP contribution in [0.5, 0.6) is 0 Å². The predicted molar refractivity (Wildman–Crippen MR) is 124 cm³/mol. The number of aliphatic hydroxyl groups excluding tert-OH is 1. The lowest BCUT2D eigenvalue weighted by Crippen LogP contribution is -2.56. The summed E-state index contributed by atoms with van der Waals surface area (Å²) in [6, 6.07) is 4.64. The molecule has 2 fully saturated rings. The molecule has 4 atom stereocenters. The molecule has 2 N–H and O–H groups in total. The summed E-state index contributed by atoms with van der Waals surface area (Å²) in [5.74, 6) is -1.19. The summed E-state index contributed by atoms with van der Waals surface area (Å²) in [6.45, 7) is 6.06. The number of ether oxygens (including phenoxy) is 1. The third-order valence-corrected chi connectivity index (χ3v) is 7.94. The zero-order valence-corrected chi connectivity index (χ0v) is 20.5. The molecule has 3 rings (SSSR count). The Bertz CT molecular complexity index is 936. The van der Waals surface area contributed by atoms with E-state index in [4.69, 9.17) is 16.3 Å². The number of rotatable bonds is 9. The molecule has 2 amide bonds. The van der Waals surface area contributed by atoms with Crippen LogP contribution in [0.2, 0.25) is 5.02 Å². The number of aliphatic hydroxyl groups is 1. The molecule has 0 bridgehead atoms. The van der Waals surface area contributed by atoms with Gasteiger partial charge in [0.2, 0.25) is 21.8 Å². The Balaban J connectivity index is 1.67. The second-order valence-corrected chi connectivity index (χ2v) is 10.8. The monoisotopic (exact) mass is 501 g/mol. The van der Waals surface area contributed by atoms with Crippen molar-refractivity contribution >= 4 is 33.4 Å². The molecule has 1 unspecified atom stereocenters. The van der Waals surface area contributed by atoms with E-state index in [1.165, 1.54) is 4.90 Å². The van der Waals surface area contributed by atoms with Crippen LogP contribution in [0.25, 0.3) is 0 Å². The van der Waals surface area contributed by atoms with Crippen LogP contribution >= 0.6 is 11.6 Å². The highest BCUT2D eigenvalue weighted by Crippen LogP contribution is 2.25. The van der Waals surface area contributed by atoms with E-state index in [1.807, 2.05) is 13.8 Å². The van der Waals surface area contributed by atoms with E-state index >= 15 is 0 Å². The SMILES string of the molecule is CC[C@H](C)[C@@H](C(=O)N1CCOCC1)N1CC[C@H](NS(=O)(=O)CC(O)c2ccc(Cl)cc2)C1=O. The van der Waals surface area contributed by atoms with E-state index in [0.29, 0.717) is 43.3 Å². The van der Waals surface area contributed by atoms with E-state index in [9.17, 15) is 23.1 Å². The predicted octanol–water partition coefficient (Wildman–Crippen LogP) is 1.17. The molecule has 0 saturated carbocycles. The molecule has 2 heterocycles. The summed E-state index contributed by atoms with van der Waals surface area (Å²) >= 11 is 5.83. The van der Waals surface area contributed by atoms with Gasteiger partial charge in [0.25, 0.3) is 0 Å². The van der Waals surface area contributed by atoms with E-state index in [0.717, 1.165) is 0 Å². The third kappa shape index (κ3) is 6.45. The number of nitrogens with zero attached hydrogens (tertiary/aromatic N) is 2. The Morgan fingerprint density at radius 3 is 2.48 bits per heavy atom. The minimum absolute atomic E-state index is 0.0774. The highest BCUT2D eigenvalue weighted by atomic mass is 35.5. The Labute approximate surface area is 200 Å². The Hall–Kier alpha value is -1.72. The average Bonchev–Trinajstić information content (AvgIpc) is 3.13. The summed E-state index contributed by atoms with van der Waals surface area (Å²) in [7, 11) is -3.96. The van der Waals surface area contributed by atoms with Crippen molar-refractivity contribution in [2.24, 2.45) is 5.92 Å². The normalized spacial score (nSPS) is 22.3. The number of likely N-dealkylation sites (tertiary alicyclic amines) is 1. The average molecular weight is 502 g/mol. The van der Waals surface area contributed by atoms with Gasteiger partial charge in [0.15, 0.2) is 0 Å². The zero-order chi connectivity index (χ0) is 24.2. The van der Waals surface area contributed by atoms with Crippen molar-refractivity contribution < 1.29 is 27.9 Å². The minimum atomic E-state index is -3.96. The molecule has 0 spiro atoms. The number of hydrogen-bond donors (Lipinski definition) is 2. The van der Waals surface area contributed by atoms with Crippen molar-refractivity contribution in [1.29, 1.82) is 0 Å². The first-order chi connectivity index (χ1) is 15.6.